The molecule has 0 amide bonds. The molecule has 0 aliphatic heterocycles. The molecular weight excluding hydrogens is 278 g/mol. The van der Waals surface area contributed by atoms with Crippen molar-refractivity contribution >= 4 is 39.0 Å². The minimum atomic E-state index is 0.803. The lowest BCUT2D eigenvalue weighted by molar-refractivity contribution is 0.394. The molecule has 1 saturated carbocycles. The standard InChI is InChI=1S/C10H14BrNS2/c1-7-3-2-4-8(5-7)14-10-12-9(11)6-13-10/h6-8H,2-5H2,1H3. The van der Waals surface area contributed by atoms with Crippen molar-refractivity contribution in [2.24, 2.45) is 5.92 Å². The topological polar surface area (TPSA) is 12.9 Å². The van der Waals surface area contributed by atoms with Crippen molar-refractivity contribution in [1.29, 1.82) is 0 Å². The van der Waals surface area contributed by atoms with E-state index < -0.39 is 0 Å². The summed E-state index contributed by atoms with van der Waals surface area (Å²) in [7, 11) is 0. The molecular formula is C10H14BrNS2. The molecule has 1 nitrogen and oxygen atoms in total. The molecule has 4 heteroatoms. The van der Waals surface area contributed by atoms with Gasteiger partial charge in [0.15, 0.2) is 4.34 Å². The SMILES string of the molecule is CC1CCCC(Sc2nc(Br)cs2)C1. The maximum absolute atomic E-state index is 4.43. The predicted molar refractivity (Wildman–Crippen MR) is 67.1 cm³/mol. The number of thiazole rings is 1. The largest absolute Gasteiger partial charge is 0.223 e. The molecule has 0 aromatic carbocycles. The van der Waals surface area contributed by atoms with Gasteiger partial charge in [-0.3, -0.25) is 0 Å². The lowest BCUT2D eigenvalue weighted by Crippen LogP contribution is -2.14. The van der Waals surface area contributed by atoms with Gasteiger partial charge in [-0.25, -0.2) is 4.98 Å². The molecule has 0 saturated heterocycles. The number of halogens is 1. The zero-order valence-corrected chi connectivity index (χ0v) is 11.4. The van der Waals surface area contributed by atoms with Crippen LogP contribution in [-0.4, -0.2) is 10.2 Å². The van der Waals surface area contributed by atoms with Crippen LogP contribution in [0.3, 0.4) is 0 Å². The van der Waals surface area contributed by atoms with Crippen molar-refractivity contribution in [3.63, 3.8) is 0 Å². The van der Waals surface area contributed by atoms with Crippen molar-refractivity contribution in [2.45, 2.75) is 42.2 Å². The predicted octanol–water partition coefficient (Wildman–Crippen LogP) is 4.58. The monoisotopic (exact) mass is 291 g/mol. The van der Waals surface area contributed by atoms with Gasteiger partial charge in [0.2, 0.25) is 0 Å². The third kappa shape index (κ3) is 2.97. The van der Waals surface area contributed by atoms with Gasteiger partial charge in [0.1, 0.15) is 4.60 Å². The number of thioether (sulfide) groups is 1. The normalized spacial score (nSPS) is 27.9. The van der Waals surface area contributed by atoms with E-state index in [0.29, 0.717) is 0 Å². The minimum Gasteiger partial charge on any atom is -0.223 e. The van der Waals surface area contributed by atoms with E-state index in [0.717, 1.165) is 15.8 Å². The van der Waals surface area contributed by atoms with Gasteiger partial charge < -0.3 is 0 Å². The molecule has 1 aliphatic rings. The van der Waals surface area contributed by atoms with Gasteiger partial charge in [-0.05, 0) is 34.7 Å². The number of hydrogen-bond donors (Lipinski definition) is 0. The Balaban J connectivity index is 1.90. The molecule has 2 unspecified atom stereocenters. The molecule has 1 aromatic heterocycles. The van der Waals surface area contributed by atoms with E-state index in [2.05, 4.69) is 33.2 Å². The highest BCUT2D eigenvalue weighted by molar-refractivity contribution is 9.10. The van der Waals surface area contributed by atoms with Crippen molar-refractivity contribution in [3.05, 3.63) is 9.98 Å². The summed E-state index contributed by atoms with van der Waals surface area (Å²) in [6, 6.07) is 0. The van der Waals surface area contributed by atoms with E-state index in [4.69, 9.17) is 0 Å². The quantitative estimate of drug-likeness (QED) is 0.791. The molecule has 0 radical (unpaired) electrons. The van der Waals surface area contributed by atoms with E-state index in [1.54, 1.807) is 11.3 Å². The fourth-order valence-electron chi connectivity index (χ4n) is 1.92. The molecule has 0 spiro atoms. The zero-order valence-electron chi connectivity index (χ0n) is 8.20. The lowest BCUT2D eigenvalue weighted by Gasteiger charge is -2.25. The van der Waals surface area contributed by atoms with Gasteiger partial charge in [-0.15, -0.1) is 11.3 Å². The van der Waals surface area contributed by atoms with Crippen LogP contribution in [0.4, 0.5) is 0 Å². The highest BCUT2D eigenvalue weighted by Crippen LogP contribution is 2.37. The van der Waals surface area contributed by atoms with Crippen molar-refractivity contribution in [3.8, 4) is 0 Å². The Hall–Kier alpha value is 0.460. The minimum absolute atomic E-state index is 0.803. The average molecular weight is 292 g/mol. The maximum atomic E-state index is 4.43. The first-order valence-corrected chi connectivity index (χ1v) is 7.57. The van der Waals surface area contributed by atoms with Crippen LogP contribution in [0.25, 0.3) is 0 Å². The first kappa shape index (κ1) is 11.0. The van der Waals surface area contributed by atoms with Crippen LogP contribution >= 0.6 is 39.0 Å². The van der Waals surface area contributed by atoms with E-state index >= 15 is 0 Å². The van der Waals surface area contributed by atoms with Crippen LogP contribution in [0, 0.1) is 5.92 Å². The summed E-state index contributed by atoms with van der Waals surface area (Å²) >= 11 is 7.11. The van der Waals surface area contributed by atoms with Gasteiger partial charge in [-0.2, -0.15) is 0 Å². The smallest absolute Gasteiger partial charge is 0.151 e. The van der Waals surface area contributed by atoms with Crippen molar-refractivity contribution < 1.29 is 0 Å². The second kappa shape index (κ2) is 4.99. The van der Waals surface area contributed by atoms with Crippen LogP contribution < -0.4 is 0 Å². The number of aromatic nitrogens is 1. The van der Waals surface area contributed by atoms with Crippen molar-refractivity contribution in [1.82, 2.24) is 4.98 Å². The number of hydrogen-bond acceptors (Lipinski definition) is 3. The van der Waals surface area contributed by atoms with Gasteiger partial charge in [0.05, 0.1) is 0 Å². The Bertz CT molecular complexity index is 300. The van der Waals surface area contributed by atoms with Crippen LogP contribution in [0.2, 0.25) is 0 Å². The fraction of sp³-hybridized carbons (Fsp3) is 0.700. The highest BCUT2D eigenvalue weighted by atomic mass is 79.9. The first-order chi connectivity index (χ1) is 6.74. The molecule has 0 N–H and O–H groups in total. The average Bonchev–Trinajstić information content (AvgIpc) is 2.51. The molecule has 0 bridgehead atoms. The summed E-state index contributed by atoms with van der Waals surface area (Å²) in [5.41, 5.74) is 0. The fourth-order valence-corrected chi connectivity index (χ4v) is 4.94. The Morgan fingerprint density at radius 3 is 3.07 bits per heavy atom. The summed E-state index contributed by atoms with van der Waals surface area (Å²) < 4.78 is 2.20. The number of rotatable bonds is 2. The number of nitrogens with zero attached hydrogens (tertiary/aromatic N) is 1. The van der Waals surface area contributed by atoms with Gasteiger partial charge in [0, 0.05) is 10.6 Å². The molecule has 1 aliphatic carbocycles. The molecule has 1 heterocycles. The van der Waals surface area contributed by atoms with E-state index in [1.807, 2.05) is 11.8 Å². The molecule has 78 valence electrons. The van der Waals surface area contributed by atoms with Crippen LogP contribution in [-0.2, 0) is 0 Å². The van der Waals surface area contributed by atoms with Crippen molar-refractivity contribution in [2.75, 3.05) is 0 Å². The molecule has 1 fully saturated rings. The molecule has 2 atom stereocenters. The summed E-state index contributed by atoms with van der Waals surface area (Å²) in [4.78, 5) is 4.43. The van der Waals surface area contributed by atoms with Crippen LogP contribution in [0.1, 0.15) is 32.6 Å². The summed E-state index contributed by atoms with van der Waals surface area (Å²) in [5.74, 6) is 0.907. The Kier molecular flexibility index (Phi) is 3.91. The van der Waals surface area contributed by atoms with Crippen LogP contribution in [0.5, 0.6) is 0 Å². The second-order valence-electron chi connectivity index (χ2n) is 3.95. The Morgan fingerprint density at radius 2 is 2.43 bits per heavy atom. The van der Waals surface area contributed by atoms with E-state index in [1.165, 1.54) is 30.0 Å². The summed E-state index contributed by atoms with van der Waals surface area (Å²) in [6.07, 6.45) is 5.54. The maximum Gasteiger partial charge on any atom is 0.151 e. The lowest BCUT2D eigenvalue weighted by atomic mass is 9.91. The Labute approximate surface area is 102 Å². The highest BCUT2D eigenvalue weighted by Gasteiger charge is 2.20. The summed E-state index contributed by atoms with van der Waals surface area (Å²) in [5, 5.41) is 2.87. The van der Waals surface area contributed by atoms with Gasteiger partial charge in [-0.1, -0.05) is 31.5 Å². The molecule has 14 heavy (non-hydrogen) atoms. The van der Waals surface area contributed by atoms with E-state index in [9.17, 15) is 0 Å². The molecule has 1 aromatic rings. The van der Waals surface area contributed by atoms with Gasteiger partial charge >= 0.3 is 0 Å². The third-order valence-electron chi connectivity index (χ3n) is 2.61. The summed E-state index contributed by atoms with van der Waals surface area (Å²) in [6.45, 7) is 2.37. The van der Waals surface area contributed by atoms with Crippen LogP contribution in [0.15, 0.2) is 14.3 Å². The Morgan fingerprint density at radius 1 is 1.57 bits per heavy atom. The second-order valence-corrected chi connectivity index (χ2v) is 7.17. The van der Waals surface area contributed by atoms with Gasteiger partial charge in [0.25, 0.3) is 0 Å². The first-order valence-electron chi connectivity index (χ1n) is 5.01. The molecule has 2 rings (SSSR count). The third-order valence-corrected chi connectivity index (χ3v) is 5.59. The zero-order chi connectivity index (χ0) is 9.97. The van der Waals surface area contributed by atoms with E-state index in [-0.39, 0.29) is 0 Å².